The SMILES string of the molecule is Cc1nnccc1-c1ccc(C(CO)NC=O)cc1. The van der Waals surface area contributed by atoms with Crippen molar-refractivity contribution in [3.8, 4) is 11.1 Å². The predicted octanol–water partition coefficient (Wildman–Crippen LogP) is 1.23. The number of hydrogen-bond donors (Lipinski definition) is 2. The number of amides is 1. The van der Waals surface area contributed by atoms with E-state index in [1.165, 1.54) is 0 Å². The Morgan fingerprint density at radius 1 is 1.32 bits per heavy atom. The van der Waals surface area contributed by atoms with E-state index in [9.17, 15) is 9.90 Å². The maximum absolute atomic E-state index is 10.4. The zero-order chi connectivity index (χ0) is 13.7. The first-order valence-corrected chi connectivity index (χ1v) is 5.95. The Morgan fingerprint density at radius 3 is 2.63 bits per heavy atom. The lowest BCUT2D eigenvalue weighted by Crippen LogP contribution is -2.22. The highest BCUT2D eigenvalue weighted by Crippen LogP contribution is 2.23. The molecule has 0 aliphatic carbocycles. The molecule has 1 unspecified atom stereocenters. The van der Waals surface area contributed by atoms with Crippen LogP contribution in [-0.4, -0.2) is 28.3 Å². The highest BCUT2D eigenvalue weighted by atomic mass is 16.3. The van der Waals surface area contributed by atoms with Gasteiger partial charge in [0.25, 0.3) is 0 Å². The number of rotatable bonds is 5. The van der Waals surface area contributed by atoms with Crippen molar-refractivity contribution >= 4 is 6.41 Å². The quantitative estimate of drug-likeness (QED) is 0.790. The molecule has 1 aromatic heterocycles. The minimum atomic E-state index is -0.372. The fourth-order valence-corrected chi connectivity index (χ4v) is 1.94. The van der Waals surface area contributed by atoms with Crippen molar-refractivity contribution in [2.24, 2.45) is 0 Å². The summed E-state index contributed by atoms with van der Waals surface area (Å²) in [6.45, 7) is 1.77. The molecule has 98 valence electrons. The number of hydrogen-bond acceptors (Lipinski definition) is 4. The van der Waals surface area contributed by atoms with Crippen molar-refractivity contribution in [1.29, 1.82) is 0 Å². The number of nitrogens with zero attached hydrogens (tertiary/aromatic N) is 2. The Morgan fingerprint density at radius 2 is 2.05 bits per heavy atom. The van der Waals surface area contributed by atoms with Crippen molar-refractivity contribution in [3.63, 3.8) is 0 Å². The zero-order valence-corrected chi connectivity index (χ0v) is 10.6. The first-order chi connectivity index (χ1) is 9.26. The molecule has 1 amide bonds. The molecule has 5 heteroatoms. The highest BCUT2D eigenvalue weighted by molar-refractivity contribution is 5.65. The van der Waals surface area contributed by atoms with Crippen molar-refractivity contribution in [1.82, 2.24) is 15.5 Å². The highest BCUT2D eigenvalue weighted by Gasteiger charge is 2.09. The van der Waals surface area contributed by atoms with Crippen molar-refractivity contribution in [2.45, 2.75) is 13.0 Å². The second-order valence-corrected chi connectivity index (χ2v) is 4.17. The van der Waals surface area contributed by atoms with Crippen LogP contribution >= 0.6 is 0 Å². The molecule has 0 aliphatic rings. The molecule has 0 fully saturated rings. The van der Waals surface area contributed by atoms with Gasteiger partial charge in [0.1, 0.15) is 0 Å². The smallest absolute Gasteiger partial charge is 0.207 e. The molecule has 0 saturated heterocycles. The second-order valence-electron chi connectivity index (χ2n) is 4.17. The Bertz CT molecular complexity index is 555. The largest absolute Gasteiger partial charge is 0.394 e. The van der Waals surface area contributed by atoms with Gasteiger partial charge in [-0.25, -0.2) is 0 Å². The molecule has 19 heavy (non-hydrogen) atoms. The number of aliphatic hydroxyl groups excluding tert-OH is 1. The lowest BCUT2D eigenvalue weighted by Gasteiger charge is -2.14. The van der Waals surface area contributed by atoms with Gasteiger partial charge in [-0.15, -0.1) is 0 Å². The number of carbonyl (C=O) groups is 1. The van der Waals surface area contributed by atoms with E-state index in [-0.39, 0.29) is 12.6 Å². The Labute approximate surface area is 111 Å². The number of aliphatic hydroxyl groups is 1. The van der Waals surface area contributed by atoms with Crippen LogP contribution in [0.25, 0.3) is 11.1 Å². The summed E-state index contributed by atoms with van der Waals surface area (Å²) in [4.78, 5) is 10.4. The Kier molecular flexibility index (Phi) is 4.20. The minimum Gasteiger partial charge on any atom is -0.394 e. The molecule has 2 N–H and O–H groups in total. The summed E-state index contributed by atoms with van der Waals surface area (Å²) in [5.74, 6) is 0. The third-order valence-corrected chi connectivity index (χ3v) is 2.98. The van der Waals surface area contributed by atoms with Crippen LogP contribution in [0.5, 0.6) is 0 Å². The van der Waals surface area contributed by atoms with Crippen LogP contribution in [0, 0.1) is 6.92 Å². The normalized spacial score (nSPS) is 11.9. The summed E-state index contributed by atoms with van der Waals surface area (Å²) in [5, 5.41) is 19.6. The number of benzene rings is 1. The number of nitrogens with one attached hydrogen (secondary N) is 1. The summed E-state index contributed by atoms with van der Waals surface area (Å²) in [6, 6.07) is 9.18. The first kappa shape index (κ1) is 13.2. The van der Waals surface area contributed by atoms with E-state index >= 15 is 0 Å². The van der Waals surface area contributed by atoms with Gasteiger partial charge in [-0.3, -0.25) is 4.79 Å². The van der Waals surface area contributed by atoms with Crippen LogP contribution in [0.2, 0.25) is 0 Å². The monoisotopic (exact) mass is 257 g/mol. The second kappa shape index (κ2) is 6.06. The van der Waals surface area contributed by atoms with Gasteiger partial charge in [0, 0.05) is 5.56 Å². The third kappa shape index (κ3) is 2.95. The molecule has 2 aromatic rings. The van der Waals surface area contributed by atoms with Gasteiger partial charge in [-0.05, 0) is 24.1 Å². The van der Waals surface area contributed by atoms with Crippen molar-refractivity contribution in [2.75, 3.05) is 6.61 Å². The summed E-state index contributed by atoms with van der Waals surface area (Å²) in [5.41, 5.74) is 3.77. The molecule has 0 aliphatic heterocycles. The summed E-state index contributed by atoms with van der Waals surface area (Å²) in [7, 11) is 0. The average Bonchev–Trinajstić information content (AvgIpc) is 2.46. The number of carbonyl (C=O) groups excluding carboxylic acids is 1. The topological polar surface area (TPSA) is 75.1 Å². The molecule has 1 heterocycles. The van der Waals surface area contributed by atoms with Crippen LogP contribution in [0.4, 0.5) is 0 Å². The van der Waals surface area contributed by atoms with E-state index in [4.69, 9.17) is 0 Å². The predicted molar refractivity (Wildman–Crippen MR) is 71.2 cm³/mol. The molecular formula is C14H15N3O2. The number of aromatic nitrogens is 2. The lowest BCUT2D eigenvalue weighted by molar-refractivity contribution is -0.110. The van der Waals surface area contributed by atoms with Crippen LogP contribution < -0.4 is 5.32 Å². The molecule has 0 bridgehead atoms. The van der Waals surface area contributed by atoms with Crippen LogP contribution in [0.3, 0.4) is 0 Å². The lowest BCUT2D eigenvalue weighted by atomic mass is 10.0. The number of aryl methyl sites for hydroxylation is 1. The molecule has 1 atom stereocenters. The van der Waals surface area contributed by atoms with Gasteiger partial charge in [0.15, 0.2) is 0 Å². The van der Waals surface area contributed by atoms with E-state index in [1.807, 2.05) is 37.3 Å². The van der Waals surface area contributed by atoms with E-state index in [2.05, 4.69) is 15.5 Å². The molecule has 0 radical (unpaired) electrons. The van der Waals surface area contributed by atoms with Crippen LogP contribution in [0.15, 0.2) is 36.5 Å². The standard InChI is InChI=1S/C14H15N3O2/c1-10-13(6-7-16-17-10)11-2-4-12(5-3-11)14(8-18)15-9-19/h2-7,9,14,18H,8H2,1H3,(H,15,19). The Hall–Kier alpha value is -2.27. The first-order valence-electron chi connectivity index (χ1n) is 5.95. The van der Waals surface area contributed by atoms with E-state index in [0.717, 1.165) is 22.4 Å². The third-order valence-electron chi connectivity index (χ3n) is 2.98. The molecule has 0 spiro atoms. The van der Waals surface area contributed by atoms with Gasteiger partial charge in [-0.2, -0.15) is 10.2 Å². The zero-order valence-electron chi connectivity index (χ0n) is 10.6. The Balaban J connectivity index is 2.28. The van der Waals surface area contributed by atoms with Gasteiger partial charge in [0.2, 0.25) is 6.41 Å². The summed E-state index contributed by atoms with van der Waals surface area (Å²) >= 11 is 0. The molecule has 1 aromatic carbocycles. The van der Waals surface area contributed by atoms with Gasteiger partial charge < -0.3 is 10.4 Å². The van der Waals surface area contributed by atoms with Crippen molar-refractivity contribution < 1.29 is 9.90 Å². The molecule has 2 rings (SSSR count). The van der Waals surface area contributed by atoms with Crippen LogP contribution in [-0.2, 0) is 4.79 Å². The van der Waals surface area contributed by atoms with Gasteiger partial charge in [-0.1, -0.05) is 24.3 Å². The van der Waals surface area contributed by atoms with E-state index in [1.54, 1.807) is 6.20 Å². The minimum absolute atomic E-state index is 0.131. The average molecular weight is 257 g/mol. The summed E-state index contributed by atoms with van der Waals surface area (Å²) in [6.07, 6.45) is 2.24. The van der Waals surface area contributed by atoms with Crippen molar-refractivity contribution in [3.05, 3.63) is 47.8 Å². The van der Waals surface area contributed by atoms with Gasteiger partial charge >= 0.3 is 0 Å². The summed E-state index contributed by atoms with van der Waals surface area (Å²) < 4.78 is 0. The maximum Gasteiger partial charge on any atom is 0.207 e. The molecular weight excluding hydrogens is 242 g/mol. The molecule has 5 nitrogen and oxygen atoms in total. The fraction of sp³-hybridized carbons (Fsp3) is 0.214. The van der Waals surface area contributed by atoms with E-state index < -0.39 is 0 Å². The molecule has 0 saturated carbocycles. The van der Waals surface area contributed by atoms with Crippen LogP contribution in [0.1, 0.15) is 17.3 Å². The van der Waals surface area contributed by atoms with E-state index in [0.29, 0.717) is 6.41 Å². The fourth-order valence-electron chi connectivity index (χ4n) is 1.94. The van der Waals surface area contributed by atoms with Gasteiger partial charge in [0.05, 0.1) is 24.5 Å². The maximum atomic E-state index is 10.4.